The number of benzene rings is 2. The summed E-state index contributed by atoms with van der Waals surface area (Å²) >= 11 is 0. The van der Waals surface area contributed by atoms with Crippen molar-refractivity contribution in [2.45, 2.75) is 26.7 Å². The van der Waals surface area contributed by atoms with E-state index >= 15 is 0 Å². The zero-order valence-corrected chi connectivity index (χ0v) is 17.8. The number of carbonyl (C=O) groups is 1. The zero-order valence-electron chi connectivity index (χ0n) is 17.8. The van der Waals surface area contributed by atoms with Crippen LogP contribution in [-0.2, 0) is 16.0 Å². The molecule has 1 saturated heterocycles. The molecule has 1 atom stereocenters. The van der Waals surface area contributed by atoms with Crippen molar-refractivity contribution in [3.8, 4) is 23.0 Å². The maximum absolute atomic E-state index is 11.4. The number of carbonyl (C=O) groups excluding carboxylic acids is 1. The third-order valence-corrected chi connectivity index (χ3v) is 4.59. The molecule has 0 amide bonds. The van der Waals surface area contributed by atoms with Crippen LogP contribution < -0.4 is 18.9 Å². The van der Waals surface area contributed by atoms with Crippen molar-refractivity contribution in [2.75, 3.05) is 34.5 Å². The van der Waals surface area contributed by atoms with Gasteiger partial charge in [0, 0.05) is 0 Å². The van der Waals surface area contributed by atoms with Gasteiger partial charge in [0.25, 0.3) is 0 Å². The minimum absolute atomic E-state index is 0.0207. The molecular formula is C23H30O6. The quantitative estimate of drug-likeness (QED) is 0.647. The minimum atomic E-state index is -0.0946. The lowest BCUT2D eigenvalue weighted by Gasteiger charge is -2.12. The van der Waals surface area contributed by atoms with Gasteiger partial charge in [-0.2, -0.15) is 0 Å². The van der Waals surface area contributed by atoms with Gasteiger partial charge in [-0.15, -0.1) is 0 Å². The number of hydrogen-bond donors (Lipinski definition) is 0. The topological polar surface area (TPSA) is 63.2 Å². The van der Waals surface area contributed by atoms with Gasteiger partial charge in [0.05, 0.1) is 40.5 Å². The van der Waals surface area contributed by atoms with E-state index in [2.05, 4.69) is 0 Å². The first-order valence-electron chi connectivity index (χ1n) is 9.67. The molecule has 1 fully saturated rings. The predicted octanol–water partition coefficient (Wildman–Crippen LogP) is 4.21. The maximum Gasteiger partial charge on any atom is 0.309 e. The lowest BCUT2D eigenvalue weighted by Crippen LogP contribution is -2.10. The fraction of sp³-hybridized carbons (Fsp3) is 0.435. The molecule has 2 aromatic carbocycles. The van der Waals surface area contributed by atoms with E-state index in [-0.39, 0.29) is 11.9 Å². The van der Waals surface area contributed by atoms with E-state index in [1.807, 2.05) is 50.2 Å². The second-order valence-corrected chi connectivity index (χ2v) is 6.63. The SMILES string of the molecule is CCOc1ccc(CC2CCOC2=O)cc1OC.COc1ccc(C)cc1OC. The third kappa shape index (κ3) is 6.31. The Bertz CT molecular complexity index is 802. The van der Waals surface area contributed by atoms with E-state index in [1.54, 1.807) is 21.3 Å². The largest absolute Gasteiger partial charge is 0.493 e. The summed E-state index contributed by atoms with van der Waals surface area (Å²) in [6.07, 6.45) is 1.50. The van der Waals surface area contributed by atoms with Crippen LogP contribution in [0.4, 0.5) is 0 Å². The molecule has 1 aliphatic rings. The summed E-state index contributed by atoms with van der Waals surface area (Å²) in [5.41, 5.74) is 2.24. The molecular weight excluding hydrogens is 372 g/mol. The van der Waals surface area contributed by atoms with Crippen LogP contribution in [0.25, 0.3) is 0 Å². The molecule has 0 bridgehead atoms. The molecule has 3 rings (SSSR count). The van der Waals surface area contributed by atoms with Crippen LogP contribution in [0.2, 0.25) is 0 Å². The van der Waals surface area contributed by atoms with E-state index in [0.717, 1.165) is 29.2 Å². The molecule has 2 aromatic rings. The zero-order chi connectivity index (χ0) is 21.2. The van der Waals surface area contributed by atoms with Gasteiger partial charge in [0.1, 0.15) is 0 Å². The normalized spacial score (nSPS) is 15.1. The summed E-state index contributed by atoms with van der Waals surface area (Å²) in [7, 11) is 4.88. The fourth-order valence-electron chi connectivity index (χ4n) is 3.06. The van der Waals surface area contributed by atoms with Crippen LogP contribution in [0, 0.1) is 12.8 Å². The molecule has 6 heteroatoms. The number of cyclic esters (lactones) is 1. The number of hydrogen-bond acceptors (Lipinski definition) is 6. The average molecular weight is 402 g/mol. The Kier molecular flexibility index (Phi) is 8.65. The van der Waals surface area contributed by atoms with Gasteiger partial charge >= 0.3 is 5.97 Å². The first-order valence-corrected chi connectivity index (χ1v) is 9.67. The highest BCUT2D eigenvalue weighted by Crippen LogP contribution is 2.30. The Morgan fingerprint density at radius 1 is 0.931 bits per heavy atom. The van der Waals surface area contributed by atoms with E-state index in [1.165, 1.54) is 5.56 Å². The molecule has 0 spiro atoms. The summed E-state index contributed by atoms with van der Waals surface area (Å²) in [4.78, 5) is 11.4. The van der Waals surface area contributed by atoms with E-state index in [4.69, 9.17) is 23.7 Å². The van der Waals surface area contributed by atoms with Gasteiger partial charge in [-0.1, -0.05) is 12.1 Å². The first kappa shape index (κ1) is 22.4. The maximum atomic E-state index is 11.4. The van der Waals surface area contributed by atoms with Crippen molar-refractivity contribution in [1.29, 1.82) is 0 Å². The molecule has 1 heterocycles. The molecule has 0 aliphatic carbocycles. The first-order chi connectivity index (χ1) is 14.0. The number of aryl methyl sites for hydroxylation is 1. The number of methoxy groups -OCH3 is 3. The Morgan fingerprint density at radius 2 is 1.59 bits per heavy atom. The summed E-state index contributed by atoms with van der Waals surface area (Å²) in [6.45, 7) is 5.09. The highest BCUT2D eigenvalue weighted by atomic mass is 16.5. The minimum Gasteiger partial charge on any atom is -0.493 e. The standard InChI is InChI=1S/C14H18O4.C9H12O2/c1-3-17-12-5-4-10(9-13(12)16-2)8-11-6-7-18-14(11)15;1-7-4-5-8(10-2)9(6-7)11-3/h4-5,9,11H,3,6-8H2,1-2H3;4-6H,1-3H3. The van der Waals surface area contributed by atoms with Crippen LogP contribution in [0.15, 0.2) is 36.4 Å². The molecule has 0 N–H and O–H groups in total. The molecule has 158 valence electrons. The predicted molar refractivity (Wildman–Crippen MR) is 111 cm³/mol. The van der Waals surface area contributed by atoms with E-state index < -0.39 is 0 Å². The van der Waals surface area contributed by atoms with Gasteiger partial charge in [-0.25, -0.2) is 0 Å². The van der Waals surface area contributed by atoms with Gasteiger partial charge in [-0.3, -0.25) is 4.79 Å². The van der Waals surface area contributed by atoms with Gasteiger partial charge in [-0.05, 0) is 62.1 Å². The van der Waals surface area contributed by atoms with Crippen LogP contribution in [0.3, 0.4) is 0 Å². The molecule has 0 saturated carbocycles. The molecule has 6 nitrogen and oxygen atoms in total. The lowest BCUT2D eigenvalue weighted by atomic mass is 9.98. The molecule has 29 heavy (non-hydrogen) atoms. The van der Waals surface area contributed by atoms with E-state index in [0.29, 0.717) is 25.4 Å². The van der Waals surface area contributed by atoms with E-state index in [9.17, 15) is 4.79 Å². The second kappa shape index (κ2) is 11.2. The highest BCUT2D eigenvalue weighted by molar-refractivity contribution is 5.74. The molecule has 1 aliphatic heterocycles. The smallest absolute Gasteiger partial charge is 0.309 e. The molecule has 1 unspecified atom stereocenters. The number of ether oxygens (including phenoxy) is 5. The van der Waals surface area contributed by atoms with Crippen molar-refractivity contribution in [2.24, 2.45) is 5.92 Å². The Balaban J connectivity index is 0.000000234. The highest BCUT2D eigenvalue weighted by Gasteiger charge is 2.26. The fourth-order valence-corrected chi connectivity index (χ4v) is 3.06. The van der Waals surface area contributed by atoms with Crippen molar-refractivity contribution in [3.63, 3.8) is 0 Å². The van der Waals surface area contributed by atoms with Crippen LogP contribution in [0.5, 0.6) is 23.0 Å². The van der Waals surface area contributed by atoms with Crippen molar-refractivity contribution < 1.29 is 28.5 Å². The van der Waals surface area contributed by atoms with Crippen LogP contribution >= 0.6 is 0 Å². The van der Waals surface area contributed by atoms with Gasteiger partial charge < -0.3 is 23.7 Å². The van der Waals surface area contributed by atoms with Crippen LogP contribution in [-0.4, -0.2) is 40.5 Å². The van der Waals surface area contributed by atoms with Gasteiger partial charge in [0.15, 0.2) is 23.0 Å². The average Bonchev–Trinajstić information content (AvgIpc) is 3.14. The lowest BCUT2D eigenvalue weighted by molar-refractivity contribution is -0.141. The summed E-state index contributed by atoms with van der Waals surface area (Å²) < 4.78 is 25.9. The monoisotopic (exact) mass is 402 g/mol. The Hall–Kier alpha value is -2.89. The van der Waals surface area contributed by atoms with Crippen molar-refractivity contribution in [3.05, 3.63) is 47.5 Å². The molecule has 0 radical (unpaired) electrons. The van der Waals surface area contributed by atoms with Gasteiger partial charge in [0.2, 0.25) is 0 Å². The molecule has 0 aromatic heterocycles. The van der Waals surface area contributed by atoms with Crippen LogP contribution in [0.1, 0.15) is 24.5 Å². The van der Waals surface area contributed by atoms with Crippen molar-refractivity contribution in [1.82, 2.24) is 0 Å². The van der Waals surface area contributed by atoms with Crippen molar-refractivity contribution >= 4 is 5.97 Å². The Labute approximate surface area is 172 Å². The summed E-state index contributed by atoms with van der Waals surface area (Å²) in [5, 5.41) is 0. The second-order valence-electron chi connectivity index (χ2n) is 6.63. The number of rotatable bonds is 7. The summed E-state index contributed by atoms with van der Waals surface area (Å²) in [5.74, 6) is 2.89. The summed E-state index contributed by atoms with van der Waals surface area (Å²) in [6, 6.07) is 11.6. The Morgan fingerprint density at radius 3 is 2.17 bits per heavy atom. The third-order valence-electron chi connectivity index (χ3n) is 4.59. The number of esters is 1.